The predicted molar refractivity (Wildman–Crippen MR) is 67.5 cm³/mol. The molecule has 2 aromatic heterocycles. The fourth-order valence-corrected chi connectivity index (χ4v) is 2.66. The molecule has 2 N–H and O–H groups in total. The van der Waals surface area contributed by atoms with E-state index in [4.69, 9.17) is 17.3 Å². The van der Waals surface area contributed by atoms with Crippen molar-refractivity contribution in [3.05, 3.63) is 23.1 Å². The molecule has 15 heavy (non-hydrogen) atoms. The molecule has 6 heteroatoms. The van der Waals surface area contributed by atoms with Gasteiger partial charge in [0.2, 0.25) is 0 Å². The number of nitrogens with two attached hydrogens (primary N) is 1. The Labute approximate surface area is 100 Å². The summed E-state index contributed by atoms with van der Waals surface area (Å²) < 4.78 is 0. The maximum atomic E-state index is 5.79. The summed E-state index contributed by atoms with van der Waals surface area (Å²) in [6.45, 7) is 3.61. The molecule has 0 amide bonds. The van der Waals surface area contributed by atoms with Gasteiger partial charge in [0.15, 0.2) is 5.16 Å². The first kappa shape index (κ1) is 10.7. The van der Waals surface area contributed by atoms with Crippen LogP contribution in [0.15, 0.2) is 28.2 Å². The smallest absolute Gasteiger partial charge is 0.191 e. The summed E-state index contributed by atoms with van der Waals surface area (Å²) in [7, 11) is 0. The van der Waals surface area contributed by atoms with E-state index in [-0.39, 0.29) is 0 Å². The first-order valence-electron chi connectivity index (χ1n) is 4.13. The standard InChI is InChI=1S/C9H8ClN3S2/c1-5(10)4-15-9-12-7(11)6-2-3-14-8(6)13-9/h2-3H,1,4H2,(H2,11,12,13). The number of rotatable bonds is 3. The molecule has 0 atom stereocenters. The average molecular weight is 258 g/mol. The Hall–Kier alpha value is -0.780. The number of thioether (sulfide) groups is 1. The second-order valence-electron chi connectivity index (χ2n) is 2.84. The molecule has 0 bridgehead atoms. The normalized spacial score (nSPS) is 10.7. The minimum absolute atomic E-state index is 0.518. The molecule has 0 radical (unpaired) electrons. The van der Waals surface area contributed by atoms with Gasteiger partial charge in [0.1, 0.15) is 10.6 Å². The molecule has 78 valence electrons. The second kappa shape index (κ2) is 4.38. The van der Waals surface area contributed by atoms with Gasteiger partial charge in [0, 0.05) is 10.8 Å². The zero-order chi connectivity index (χ0) is 10.8. The van der Waals surface area contributed by atoms with Gasteiger partial charge in [-0.2, -0.15) is 0 Å². The van der Waals surface area contributed by atoms with Crippen LogP contribution in [-0.4, -0.2) is 15.7 Å². The Balaban J connectivity index is 2.32. The summed E-state index contributed by atoms with van der Waals surface area (Å²) in [5.41, 5.74) is 5.79. The van der Waals surface area contributed by atoms with Crippen molar-refractivity contribution < 1.29 is 0 Å². The lowest BCUT2D eigenvalue weighted by Gasteiger charge is -2.00. The fourth-order valence-electron chi connectivity index (χ4n) is 1.07. The van der Waals surface area contributed by atoms with Crippen LogP contribution in [0.2, 0.25) is 0 Å². The lowest BCUT2D eigenvalue weighted by Crippen LogP contribution is -1.95. The van der Waals surface area contributed by atoms with Crippen molar-refractivity contribution in [3.63, 3.8) is 0 Å². The van der Waals surface area contributed by atoms with Crippen LogP contribution in [0.25, 0.3) is 10.2 Å². The zero-order valence-electron chi connectivity index (χ0n) is 7.74. The van der Waals surface area contributed by atoms with Crippen molar-refractivity contribution in [1.29, 1.82) is 0 Å². The number of nitrogen functional groups attached to an aromatic ring is 1. The Morgan fingerprint density at radius 1 is 1.60 bits per heavy atom. The largest absolute Gasteiger partial charge is 0.383 e. The van der Waals surface area contributed by atoms with E-state index in [1.165, 1.54) is 11.8 Å². The summed E-state index contributed by atoms with van der Waals surface area (Å²) in [4.78, 5) is 9.45. The second-order valence-corrected chi connectivity index (χ2v) is 5.21. The first-order chi connectivity index (χ1) is 7.16. The first-order valence-corrected chi connectivity index (χ1v) is 6.38. The molecule has 0 saturated carbocycles. The van der Waals surface area contributed by atoms with Crippen molar-refractivity contribution in [2.24, 2.45) is 0 Å². The highest BCUT2D eigenvalue weighted by molar-refractivity contribution is 7.99. The predicted octanol–water partition coefficient (Wildman–Crippen LogP) is 3.12. The van der Waals surface area contributed by atoms with Crippen LogP contribution in [0, 0.1) is 0 Å². The van der Waals surface area contributed by atoms with E-state index in [9.17, 15) is 0 Å². The van der Waals surface area contributed by atoms with Crippen molar-refractivity contribution in [2.45, 2.75) is 5.16 Å². The quantitative estimate of drug-likeness (QED) is 0.678. The van der Waals surface area contributed by atoms with Crippen LogP contribution in [-0.2, 0) is 0 Å². The summed E-state index contributed by atoms with van der Waals surface area (Å²) in [5.74, 6) is 1.11. The third-order valence-corrected chi connectivity index (χ3v) is 3.72. The molecule has 0 aliphatic heterocycles. The molecule has 0 spiro atoms. The lowest BCUT2D eigenvalue weighted by atomic mass is 10.4. The van der Waals surface area contributed by atoms with Gasteiger partial charge in [-0.05, 0) is 11.4 Å². The summed E-state index contributed by atoms with van der Waals surface area (Å²) in [6.07, 6.45) is 0. The van der Waals surface area contributed by atoms with Crippen LogP contribution >= 0.6 is 34.7 Å². The van der Waals surface area contributed by atoms with Gasteiger partial charge < -0.3 is 5.73 Å². The van der Waals surface area contributed by atoms with Crippen molar-refractivity contribution >= 4 is 50.7 Å². The Bertz CT molecular complexity index is 509. The lowest BCUT2D eigenvalue weighted by molar-refractivity contribution is 1.02. The van der Waals surface area contributed by atoms with Gasteiger partial charge >= 0.3 is 0 Å². The fraction of sp³-hybridized carbons (Fsp3) is 0.111. The van der Waals surface area contributed by atoms with E-state index in [1.807, 2.05) is 11.4 Å². The molecular formula is C9H8ClN3S2. The van der Waals surface area contributed by atoms with Gasteiger partial charge in [-0.3, -0.25) is 0 Å². The number of hydrogen-bond donors (Lipinski definition) is 1. The van der Waals surface area contributed by atoms with Gasteiger partial charge in [0.25, 0.3) is 0 Å². The minimum atomic E-state index is 0.518. The van der Waals surface area contributed by atoms with E-state index in [1.54, 1.807) is 11.3 Å². The molecule has 3 nitrogen and oxygen atoms in total. The Morgan fingerprint density at radius 2 is 2.40 bits per heavy atom. The van der Waals surface area contributed by atoms with Crippen LogP contribution in [0.5, 0.6) is 0 Å². The van der Waals surface area contributed by atoms with Crippen LogP contribution in [0.3, 0.4) is 0 Å². The highest BCUT2D eigenvalue weighted by Gasteiger charge is 2.06. The Morgan fingerprint density at radius 3 is 3.13 bits per heavy atom. The molecule has 0 aliphatic carbocycles. The maximum absolute atomic E-state index is 5.79. The maximum Gasteiger partial charge on any atom is 0.191 e. The van der Waals surface area contributed by atoms with Gasteiger partial charge in [-0.15, -0.1) is 11.3 Å². The van der Waals surface area contributed by atoms with Crippen molar-refractivity contribution in [3.8, 4) is 0 Å². The summed E-state index contributed by atoms with van der Waals surface area (Å²) >= 11 is 8.65. The van der Waals surface area contributed by atoms with Gasteiger partial charge in [-0.25, -0.2) is 9.97 Å². The molecule has 2 aromatic rings. The highest BCUT2D eigenvalue weighted by atomic mass is 35.5. The third kappa shape index (κ3) is 2.42. The van der Waals surface area contributed by atoms with E-state index in [0.29, 0.717) is 21.8 Å². The molecule has 0 saturated heterocycles. The average Bonchev–Trinajstić information content (AvgIpc) is 2.63. The number of thiophene rings is 1. The number of aromatic nitrogens is 2. The van der Waals surface area contributed by atoms with E-state index in [0.717, 1.165) is 10.2 Å². The monoisotopic (exact) mass is 257 g/mol. The zero-order valence-corrected chi connectivity index (χ0v) is 10.1. The van der Waals surface area contributed by atoms with Crippen LogP contribution < -0.4 is 5.73 Å². The van der Waals surface area contributed by atoms with E-state index in [2.05, 4.69) is 16.5 Å². The SMILES string of the molecule is C=C(Cl)CSc1nc(N)c2ccsc2n1. The molecule has 0 aromatic carbocycles. The molecule has 0 aliphatic rings. The number of hydrogen-bond acceptors (Lipinski definition) is 5. The van der Waals surface area contributed by atoms with Gasteiger partial charge in [-0.1, -0.05) is 29.9 Å². The van der Waals surface area contributed by atoms with E-state index >= 15 is 0 Å². The Kier molecular flexibility index (Phi) is 3.14. The number of halogens is 1. The number of anilines is 1. The molecular weight excluding hydrogens is 250 g/mol. The van der Waals surface area contributed by atoms with Gasteiger partial charge in [0.05, 0.1) is 5.39 Å². The number of nitrogens with zero attached hydrogens (tertiary/aromatic N) is 2. The van der Waals surface area contributed by atoms with E-state index < -0.39 is 0 Å². The summed E-state index contributed by atoms with van der Waals surface area (Å²) in [6, 6.07) is 1.92. The molecule has 2 rings (SSSR count). The van der Waals surface area contributed by atoms with Crippen LogP contribution in [0.1, 0.15) is 0 Å². The topological polar surface area (TPSA) is 51.8 Å². The molecule has 2 heterocycles. The third-order valence-electron chi connectivity index (χ3n) is 1.69. The summed E-state index contributed by atoms with van der Waals surface area (Å²) in [5, 5.41) is 4.08. The van der Waals surface area contributed by atoms with Crippen molar-refractivity contribution in [2.75, 3.05) is 11.5 Å². The highest BCUT2D eigenvalue weighted by Crippen LogP contribution is 2.27. The molecule has 0 fully saturated rings. The minimum Gasteiger partial charge on any atom is -0.383 e. The van der Waals surface area contributed by atoms with Crippen LogP contribution in [0.4, 0.5) is 5.82 Å². The molecule has 0 unspecified atom stereocenters. The van der Waals surface area contributed by atoms with Crippen molar-refractivity contribution in [1.82, 2.24) is 9.97 Å². The number of fused-ring (bicyclic) bond motifs is 1.